The van der Waals surface area contributed by atoms with Gasteiger partial charge in [0.1, 0.15) is 4.21 Å². The second-order valence-electron chi connectivity index (χ2n) is 4.51. The molecule has 0 aliphatic carbocycles. The molecule has 0 atom stereocenters. The van der Waals surface area contributed by atoms with E-state index in [0.29, 0.717) is 11.1 Å². The summed E-state index contributed by atoms with van der Waals surface area (Å²) in [5.74, 6) is 0. The first-order chi connectivity index (χ1) is 9.84. The molecule has 8 heteroatoms. The van der Waals surface area contributed by atoms with Crippen LogP contribution in [0.3, 0.4) is 0 Å². The van der Waals surface area contributed by atoms with Crippen LogP contribution in [0.25, 0.3) is 0 Å². The van der Waals surface area contributed by atoms with Crippen molar-refractivity contribution in [2.45, 2.75) is 17.7 Å². The minimum Gasteiger partial charge on any atom is -0.258 e. The largest absolute Gasteiger partial charge is 0.272 e. The van der Waals surface area contributed by atoms with Crippen LogP contribution in [-0.4, -0.2) is 24.7 Å². The average Bonchev–Trinajstić information content (AvgIpc) is 2.95. The summed E-state index contributed by atoms with van der Waals surface area (Å²) >= 11 is 1.14. The van der Waals surface area contributed by atoms with Gasteiger partial charge in [0.25, 0.3) is 15.7 Å². The number of sulfonamides is 1. The van der Waals surface area contributed by atoms with E-state index in [-0.39, 0.29) is 16.4 Å². The Morgan fingerprint density at radius 2 is 2.00 bits per heavy atom. The number of nitro groups is 1. The molecular weight excluding hydrogens is 312 g/mol. The van der Waals surface area contributed by atoms with Gasteiger partial charge in [0, 0.05) is 25.2 Å². The van der Waals surface area contributed by atoms with E-state index in [1.165, 1.54) is 23.5 Å². The fraction of sp³-hybridized carbons (Fsp3) is 0.231. The van der Waals surface area contributed by atoms with Gasteiger partial charge in [-0.3, -0.25) is 10.1 Å². The Kier molecular flexibility index (Phi) is 4.40. The van der Waals surface area contributed by atoms with Gasteiger partial charge in [0.2, 0.25) is 0 Å². The van der Waals surface area contributed by atoms with Gasteiger partial charge in [-0.25, -0.2) is 8.42 Å². The van der Waals surface area contributed by atoms with Gasteiger partial charge >= 0.3 is 0 Å². The van der Waals surface area contributed by atoms with Crippen LogP contribution in [0.1, 0.15) is 11.1 Å². The van der Waals surface area contributed by atoms with Gasteiger partial charge < -0.3 is 0 Å². The van der Waals surface area contributed by atoms with Crippen LogP contribution >= 0.6 is 11.3 Å². The standard InChI is InChI=1S/C13H14N2O4S2/c1-10-11(5-3-6-12(10)15(16)17)9-14(2)21(18,19)13-7-4-8-20-13/h3-8H,9H2,1-2H3. The molecule has 2 aromatic rings. The van der Waals surface area contributed by atoms with Crippen molar-refractivity contribution < 1.29 is 13.3 Å². The van der Waals surface area contributed by atoms with E-state index >= 15 is 0 Å². The van der Waals surface area contributed by atoms with Crippen molar-refractivity contribution in [1.29, 1.82) is 0 Å². The molecule has 0 unspecified atom stereocenters. The Hall–Kier alpha value is -1.77. The number of thiophene rings is 1. The highest BCUT2D eigenvalue weighted by molar-refractivity contribution is 7.91. The maximum Gasteiger partial charge on any atom is 0.272 e. The zero-order valence-electron chi connectivity index (χ0n) is 11.5. The third-order valence-corrected chi connectivity index (χ3v) is 6.34. The molecule has 0 aliphatic heterocycles. The van der Waals surface area contributed by atoms with Crippen molar-refractivity contribution in [2.75, 3.05) is 7.05 Å². The maximum absolute atomic E-state index is 12.3. The van der Waals surface area contributed by atoms with E-state index in [0.717, 1.165) is 11.3 Å². The van der Waals surface area contributed by atoms with Gasteiger partial charge in [-0.05, 0) is 23.9 Å². The molecular formula is C13H14N2O4S2. The van der Waals surface area contributed by atoms with Gasteiger partial charge in [0.05, 0.1) is 4.92 Å². The summed E-state index contributed by atoms with van der Waals surface area (Å²) in [4.78, 5) is 10.5. The summed E-state index contributed by atoms with van der Waals surface area (Å²) < 4.78 is 26.1. The molecule has 0 bridgehead atoms. The van der Waals surface area contributed by atoms with Crippen molar-refractivity contribution in [2.24, 2.45) is 0 Å². The minimum absolute atomic E-state index is 0.00517. The van der Waals surface area contributed by atoms with Crippen LogP contribution < -0.4 is 0 Å². The molecule has 112 valence electrons. The molecule has 21 heavy (non-hydrogen) atoms. The third-order valence-electron chi connectivity index (χ3n) is 3.17. The molecule has 1 aromatic heterocycles. The zero-order valence-corrected chi connectivity index (χ0v) is 13.1. The molecule has 0 saturated carbocycles. The first kappa shape index (κ1) is 15.6. The fourth-order valence-electron chi connectivity index (χ4n) is 1.93. The van der Waals surface area contributed by atoms with Gasteiger partial charge in [0.15, 0.2) is 0 Å². The van der Waals surface area contributed by atoms with Crippen LogP contribution in [0.4, 0.5) is 5.69 Å². The number of nitro benzene ring substituents is 1. The monoisotopic (exact) mass is 326 g/mol. The molecule has 0 spiro atoms. The van der Waals surface area contributed by atoms with Gasteiger partial charge in [-0.15, -0.1) is 11.3 Å². The normalized spacial score (nSPS) is 11.8. The summed E-state index contributed by atoms with van der Waals surface area (Å²) in [6.07, 6.45) is 0. The predicted molar refractivity (Wildman–Crippen MR) is 80.8 cm³/mol. The van der Waals surface area contributed by atoms with Crippen LogP contribution in [0.15, 0.2) is 39.9 Å². The lowest BCUT2D eigenvalue weighted by Crippen LogP contribution is -2.26. The smallest absolute Gasteiger partial charge is 0.258 e. The summed E-state index contributed by atoms with van der Waals surface area (Å²) in [6.45, 7) is 1.72. The molecule has 0 amide bonds. The second kappa shape index (κ2) is 5.92. The number of hydrogen-bond donors (Lipinski definition) is 0. The van der Waals surface area contributed by atoms with E-state index in [9.17, 15) is 18.5 Å². The maximum atomic E-state index is 12.3. The number of rotatable bonds is 5. The van der Waals surface area contributed by atoms with Crippen molar-refractivity contribution >= 4 is 27.0 Å². The quantitative estimate of drug-likeness (QED) is 0.625. The Labute approximate surface area is 126 Å². The van der Waals surface area contributed by atoms with Crippen molar-refractivity contribution in [3.05, 3.63) is 57.0 Å². The highest BCUT2D eigenvalue weighted by Gasteiger charge is 2.23. The summed E-state index contributed by atoms with van der Waals surface area (Å²) in [5.41, 5.74) is 1.09. The van der Waals surface area contributed by atoms with Crippen molar-refractivity contribution in [3.63, 3.8) is 0 Å². The molecule has 2 rings (SSSR count). The van der Waals surface area contributed by atoms with E-state index in [2.05, 4.69) is 0 Å². The fourth-order valence-corrected chi connectivity index (χ4v) is 4.28. The van der Waals surface area contributed by atoms with Gasteiger partial charge in [-0.1, -0.05) is 18.2 Å². The average molecular weight is 326 g/mol. The Morgan fingerprint density at radius 3 is 2.57 bits per heavy atom. The number of nitrogens with zero attached hydrogens (tertiary/aromatic N) is 2. The summed E-state index contributed by atoms with van der Waals surface area (Å²) in [7, 11) is -2.10. The van der Waals surface area contributed by atoms with Crippen molar-refractivity contribution in [3.8, 4) is 0 Å². The topological polar surface area (TPSA) is 80.5 Å². The van der Waals surface area contributed by atoms with E-state index in [1.807, 2.05) is 0 Å². The van der Waals surface area contributed by atoms with E-state index in [1.54, 1.807) is 30.5 Å². The minimum atomic E-state index is -3.56. The Bertz CT molecular complexity index is 754. The second-order valence-corrected chi connectivity index (χ2v) is 7.73. The van der Waals surface area contributed by atoms with E-state index < -0.39 is 14.9 Å². The molecule has 0 radical (unpaired) electrons. The third kappa shape index (κ3) is 3.12. The lowest BCUT2D eigenvalue weighted by atomic mass is 10.1. The molecule has 0 fully saturated rings. The summed E-state index contributed by atoms with van der Waals surface area (Å²) in [5, 5.41) is 12.6. The van der Waals surface area contributed by atoms with E-state index in [4.69, 9.17) is 0 Å². The SMILES string of the molecule is Cc1c(CN(C)S(=O)(=O)c2cccs2)cccc1[N+](=O)[O-]. The Morgan fingerprint density at radius 1 is 1.29 bits per heavy atom. The first-order valence-electron chi connectivity index (χ1n) is 6.06. The Balaban J connectivity index is 2.31. The van der Waals surface area contributed by atoms with Gasteiger partial charge in [-0.2, -0.15) is 4.31 Å². The predicted octanol–water partition coefficient (Wildman–Crippen LogP) is 2.79. The molecule has 1 heterocycles. The van der Waals surface area contributed by atoms with Crippen LogP contribution in [0.5, 0.6) is 0 Å². The van der Waals surface area contributed by atoms with Crippen LogP contribution in [0, 0.1) is 17.0 Å². The number of hydrogen-bond acceptors (Lipinski definition) is 5. The summed E-state index contributed by atoms with van der Waals surface area (Å²) in [6, 6.07) is 7.88. The highest BCUT2D eigenvalue weighted by atomic mass is 32.2. The lowest BCUT2D eigenvalue weighted by molar-refractivity contribution is -0.385. The molecule has 0 saturated heterocycles. The van der Waals surface area contributed by atoms with Crippen molar-refractivity contribution in [1.82, 2.24) is 4.31 Å². The lowest BCUT2D eigenvalue weighted by Gasteiger charge is -2.17. The first-order valence-corrected chi connectivity index (χ1v) is 8.38. The van der Waals surface area contributed by atoms with Crippen LogP contribution in [-0.2, 0) is 16.6 Å². The molecule has 0 aliphatic rings. The number of benzene rings is 1. The zero-order chi connectivity index (χ0) is 15.6. The highest BCUT2D eigenvalue weighted by Crippen LogP contribution is 2.25. The molecule has 1 aromatic carbocycles. The van der Waals surface area contributed by atoms with Crippen LogP contribution in [0.2, 0.25) is 0 Å². The molecule has 6 nitrogen and oxygen atoms in total. The molecule has 0 N–H and O–H groups in total.